The van der Waals surface area contributed by atoms with E-state index in [0.29, 0.717) is 30.4 Å². The Hall–Kier alpha value is -3.32. The smallest absolute Gasteiger partial charge is 0.306 e. The molecule has 0 bridgehead atoms. The minimum Gasteiger partial charge on any atom is -0.508 e. The minimum atomic E-state index is -0.209. The molecule has 4 rings (SSSR count). The predicted molar refractivity (Wildman–Crippen MR) is 103 cm³/mol. The number of rotatable bonds is 5. The van der Waals surface area contributed by atoms with Crippen LogP contribution < -0.4 is 19.8 Å². The second kappa shape index (κ2) is 7.36. The van der Waals surface area contributed by atoms with Crippen LogP contribution in [0.4, 0.5) is 5.82 Å². The van der Waals surface area contributed by atoms with E-state index in [9.17, 15) is 5.11 Å². The highest BCUT2D eigenvalue weighted by molar-refractivity contribution is 5.62. The van der Waals surface area contributed by atoms with Gasteiger partial charge in [-0.1, -0.05) is 23.2 Å². The molecule has 4 N–H and O–H groups in total. The van der Waals surface area contributed by atoms with Gasteiger partial charge >= 0.3 is 5.88 Å². The number of hydrogen-bond donors (Lipinski definition) is 3. The van der Waals surface area contributed by atoms with E-state index >= 15 is 0 Å². The molecule has 0 aliphatic carbocycles. The summed E-state index contributed by atoms with van der Waals surface area (Å²) in [5, 5.41) is 19.0. The number of methoxy groups -OCH3 is 1. The van der Waals surface area contributed by atoms with Crippen molar-refractivity contribution < 1.29 is 24.3 Å². The van der Waals surface area contributed by atoms with Gasteiger partial charge in [0.1, 0.15) is 22.8 Å². The normalized spacial score (nSPS) is 14.7. The molecule has 1 aromatic heterocycles. The number of anilines is 1. The molecule has 0 spiro atoms. The molecule has 1 atom stereocenters. The number of fused-ring (bicyclic) bond motifs is 2. The standard InChI is InChI=1S/C21H21N3O4/c1-27-15-6-3-13(4-7-15)18-16-8-5-14(26)11-17(16)28-21-19(18)20(22)24(12-23-21)9-2-10-25/h3-8,11-12,18,22,25-26H,2,9-10H2,1H3/p+1/t18-/m0/s1. The molecule has 1 aliphatic rings. The number of nitrogen functional groups attached to an aromatic ring is 1. The third kappa shape index (κ3) is 3.10. The number of ether oxygens (including phenoxy) is 2. The zero-order chi connectivity index (χ0) is 19.7. The molecule has 0 radical (unpaired) electrons. The van der Waals surface area contributed by atoms with Crippen LogP contribution in [0.15, 0.2) is 48.8 Å². The lowest BCUT2D eigenvalue weighted by Gasteiger charge is -2.27. The van der Waals surface area contributed by atoms with E-state index in [2.05, 4.69) is 4.98 Å². The van der Waals surface area contributed by atoms with Gasteiger partial charge in [0, 0.05) is 24.7 Å². The number of phenols is 1. The number of hydrogen-bond acceptors (Lipinski definition) is 6. The zero-order valence-corrected chi connectivity index (χ0v) is 15.5. The third-order valence-electron chi connectivity index (χ3n) is 4.94. The van der Waals surface area contributed by atoms with Crippen molar-refractivity contribution in [2.24, 2.45) is 0 Å². The Kier molecular flexibility index (Phi) is 4.75. The maximum atomic E-state index is 9.89. The molecule has 3 aromatic rings. The fourth-order valence-corrected chi connectivity index (χ4v) is 3.54. The molecule has 0 fully saturated rings. The average Bonchev–Trinajstić information content (AvgIpc) is 2.72. The monoisotopic (exact) mass is 380 g/mol. The lowest BCUT2D eigenvalue weighted by molar-refractivity contribution is -0.686. The van der Waals surface area contributed by atoms with E-state index in [4.69, 9.17) is 20.3 Å². The lowest BCUT2D eigenvalue weighted by Crippen LogP contribution is -2.40. The molecule has 0 unspecified atom stereocenters. The predicted octanol–water partition coefficient (Wildman–Crippen LogP) is 2.33. The Morgan fingerprint density at radius 2 is 2.00 bits per heavy atom. The summed E-state index contributed by atoms with van der Waals surface area (Å²) in [5.41, 5.74) is 9.17. The number of aliphatic hydroxyl groups is 1. The van der Waals surface area contributed by atoms with Crippen LogP contribution in [0.5, 0.6) is 23.1 Å². The van der Waals surface area contributed by atoms with E-state index in [-0.39, 0.29) is 18.3 Å². The van der Waals surface area contributed by atoms with Crippen molar-refractivity contribution in [3.63, 3.8) is 0 Å². The summed E-state index contributed by atoms with van der Waals surface area (Å²) >= 11 is 0. The minimum absolute atomic E-state index is 0.0735. The summed E-state index contributed by atoms with van der Waals surface area (Å²) in [6.45, 7) is 0.629. The highest BCUT2D eigenvalue weighted by Crippen LogP contribution is 2.48. The van der Waals surface area contributed by atoms with Crippen LogP contribution in [0.1, 0.15) is 29.0 Å². The van der Waals surface area contributed by atoms with Gasteiger partial charge in [-0.25, -0.2) is 4.57 Å². The molecule has 7 nitrogen and oxygen atoms in total. The summed E-state index contributed by atoms with van der Waals surface area (Å²) in [4.78, 5) is 4.44. The summed E-state index contributed by atoms with van der Waals surface area (Å²) < 4.78 is 13.1. The summed E-state index contributed by atoms with van der Waals surface area (Å²) in [6, 6.07) is 12.8. The number of phenolic OH excluding ortho intramolecular Hbond substituents is 1. The summed E-state index contributed by atoms with van der Waals surface area (Å²) in [6.07, 6.45) is 2.19. The Morgan fingerprint density at radius 1 is 1.21 bits per heavy atom. The number of benzene rings is 2. The van der Waals surface area contributed by atoms with Crippen molar-refractivity contribution >= 4 is 5.82 Å². The van der Waals surface area contributed by atoms with Crippen LogP contribution in [0.25, 0.3) is 0 Å². The van der Waals surface area contributed by atoms with Gasteiger partial charge in [0.05, 0.1) is 19.6 Å². The van der Waals surface area contributed by atoms with Crippen LogP contribution in [-0.2, 0) is 6.54 Å². The Morgan fingerprint density at radius 3 is 2.71 bits per heavy atom. The van der Waals surface area contributed by atoms with Gasteiger partial charge in [-0.2, -0.15) is 0 Å². The fourth-order valence-electron chi connectivity index (χ4n) is 3.54. The zero-order valence-electron chi connectivity index (χ0n) is 15.5. The second-order valence-electron chi connectivity index (χ2n) is 6.65. The van der Waals surface area contributed by atoms with E-state index in [1.807, 2.05) is 34.9 Å². The number of aromatic nitrogens is 2. The summed E-state index contributed by atoms with van der Waals surface area (Å²) in [5.74, 6) is 2.18. The molecule has 2 aromatic carbocycles. The van der Waals surface area contributed by atoms with Crippen LogP contribution in [-0.4, -0.2) is 28.9 Å². The van der Waals surface area contributed by atoms with Gasteiger partial charge in [0.15, 0.2) is 0 Å². The van der Waals surface area contributed by atoms with Crippen molar-refractivity contribution in [1.82, 2.24) is 4.98 Å². The lowest BCUT2D eigenvalue weighted by atomic mass is 9.83. The maximum absolute atomic E-state index is 9.89. The number of aliphatic hydroxyl groups excluding tert-OH is 1. The van der Waals surface area contributed by atoms with Crippen LogP contribution in [0.3, 0.4) is 0 Å². The molecule has 2 heterocycles. The van der Waals surface area contributed by atoms with E-state index in [0.717, 1.165) is 22.4 Å². The van der Waals surface area contributed by atoms with Crippen LogP contribution in [0, 0.1) is 0 Å². The molecule has 28 heavy (non-hydrogen) atoms. The number of aromatic hydroxyl groups is 1. The van der Waals surface area contributed by atoms with Gasteiger partial charge in [0.25, 0.3) is 0 Å². The van der Waals surface area contributed by atoms with E-state index in [1.165, 1.54) is 0 Å². The first kappa shape index (κ1) is 18.1. The molecular weight excluding hydrogens is 358 g/mol. The van der Waals surface area contributed by atoms with Crippen molar-refractivity contribution in [3.05, 3.63) is 65.5 Å². The second-order valence-corrected chi connectivity index (χ2v) is 6.65. The highest BCUT2D eigenvalue weighted by atomic mass is 16.5. The fraction of sp³-hybridized carbons (Fsp3) is 0.238. The van der Waals surface area contributed by atoms with Crippen molar-refractivity contribution in [2.75, 3.05) is 19.5 Å². The van der Waals surface area contributed by atoms with Crippen LogP contribution >= 0.6 is 0 Å². The van der Waals surface area contributed by atoms with Gasteiger partial charge in [-0.3, -0.25) is 0 Å². The Bertz CT molecular complexity index is 1010. The first-order valence-electron chi connectivity index (χ1n) is 9.05. The third-order valence-corrected chi connectivity index (χ3v) is 4.94. The average molecular weight is 380 g/mol. The molecule has 1 aliphatic heterocycles. The van der Waals surface area contributed by atoms with E-state index < -0.39 is 0 Å². The van der Waals surface area contributed by atoms with E-state index in [1.54, 1.807) is 25.6 Å². The highest BCUT2D eigenvalue weighted by Gasteiger charge is 2.36. The molecular formula is C21H22N3O4+. The number of nitrogens with zero attached hydrogens (tertiary/aromatic N) is 2. The first-order valence-corrected chi connectivity index (χ1v) is 9.05. The van der Waals surface area contributed by atoms with Crippen molar-refractivity contribution in [1.29, 1.82) is 0 Å². The van der Waals surface area contributed by atoms with Gasteiger partial charge in [-0.15, -0.1) is 0 Å². The largest absolute Gasteiger partial charge is 0.508 e. The SMILES string of the molecule is COc1ccc([C@H]2c3ccc(O)cc3Oc3nc[n+](CCCO)c(N)c32)cc1. The topological polar surface area (TPSA) is 102 Å². The number of nitrogens with two attached hydrogens (primary N) is 1. The first-order chi connectivity index (χ1) is 13.6. The molecule has 7 heteroatoms. The Balaban J connectivity index is 1.90. The molecule has 0 amide bonds. The molecule has 0 saturated carbocycles. The van der Waals surface area contributed by atoms with Crippen molar-refractivity contribution in [3.8, 4) is 23.1 Å². The summed E-state index contributed by atoms with van der Waals surface area (Å²) in [7, 11) is 1.63. The number of aryl methyl sites for hydroxylation is 1. The quantitative estimate of drug-likeness (QED) is 0.459. The Labute approximate surface area is 162 Å². The van der Waals surface area contributed by atoms with Gasteiger partial charge in [-0.05, 0) is 23.8 Å². The van der Waals surface area contributed by atoms with Crippen LogP contribution in [0.2, 0.25) is 0 Å². The maximum Gasteiger partial charge on any atom is 0.306 e. The van der Waals surface area contributed by atoms with Crippen molar-refractivity contribution in [2.45, 2.75) is 18.9 Å². The molecule has 0 saturated heterocycles. The van der Waals surface area contributed by atoms with Gasteiger partial charge < -0.3 is 25.4 Å². The molecule has 144 valence electrons. The van der Waals surface area contributed by atoms with Gasteiger partial charge in [0.2, 0.25) is 12.1 Å².